The van der Waals surface area contributed by atoms with E-state index in [0.29, 0.717) is 12.4 Å². The van der Waals surface area contributed by atoms with Gasteiger partial charge < -0.3 is 10.1 Å². The molecule has 0 aliphatic carbocycles. The summed E-state index contributed by atoms with van der Waals surface area (Å²) in [5, 5.41) is 0.484. The lowest BCUT2D eigenvalue weighted by atomic mass is 10.3. The lowest BCUT2D eigenvalue weighted by Gasteiger charge is -2.19. The first kappa shape index (κ1) is 14.5. The molecule has 0 aromatic heterocycles. The number of rotatable bonds is 2. The molecule has 0 saturated carbocycles. The average Bonchev–Trinajstić information content (AvgIpc) is 2.09. The van der Waals surface area contributed by atoms with Crippen LogP contribution in [-0.2, 0) is 14.3 Å². The zero-order valence-corrected chi connectivity index (χ0v) is 7.57. The summed E-state index contributed by atoms with van der Waals surface area (Å²) in [5.41, 5.74) is 0. The lowest BCUT2D eigenvalue weighted by molar-refractivity contribution is -0.195. The van der Waals surface area contributed by atoms with Crippen molar-refractivity contribution in [2.24, 2.45) is 0 Å². The fourth-order valence-corrected chi connectivity index (χ4v) is 0.605. The van der Waals surface area contributed by atoms with E-state index in [0.717, 1.165) is 0 Å². The van der Waals surface area contributed by atoms with Gasteiger partial charge >= 0.3 is 24.2 Å². The average molecular weight is 253 g/mol. The van der Waals surface area contributed by atoms with Crippen LogP contribution in [0.2, 0.25) is 0 Å². The third-order valence-corrected chi connectivity index (χ3v) is 1.30. The Morgan fingerprint density at radius 2 is 1.56 bits per heavy atom. The molecule has 1 unspecified atom stereocenters. The lowest BCUT2D eigenvalue weighted by Crippen LogP contribution is -2.54. The predicted molar refractivity (Wildman–Crippen MR) is 36.1 cm³/mol. The SMILES string of the molecule is COC(=O)C(NC(=O)C(F)(F)F)C(F)(F)F. The molecule has 0 rings (SSSR count). The van der Waals surface area contributed by atoms with Crippen LogP contribution < -0.4 is 5.32 Å². The van der Waals surface area contributed by atoms with Crippen LogP contribution in [0, 0.1) is 0 Å². The Morgan fingerprint density at radius 3 is 1.81 bits per heavy atom. The first-order valence-electron chi connectivity index (χ1n) is 3.52. The summed E-state index contributed by atoms with van der Waals surface area (Å²) in [4.78, 5) is 20.7. The first-order chi connectivity index (χ1) is 7.00. The number of alkyl halides is 6. The number of ether oxygens (including phenoxy) is 1. The number of esters is 1. The van der Waals surface area contributed by atoms with Gasteiger partial charge in [-0.1, -0.05) is 0 Å². The number of carbonyl (C=O) groups is 2. The van der Waals surface area contributed by atoms with E-state index >= 15 is 0 Å². The summed E-state index contributed by atoms with van der Waals surface area (Å²) in [6, 6.07) is -3.34. The largest absolute Gasteiger partial charge is 0.471 e. The molecule has 10 heteroatoms. The molecule has 0 spiro atoms. The number of halogens is 6. The highest BCUT2D eigenvalue weighted by Crippen LogP contribution is 2.23. The molecule has 0 radical (unpaired) electrons. The van der Waals surface area contributed by atoms with Gasteiger partial charge in [-0.15, -0.1) is 0 Å². The molecule has 0 fully saturated rings. The molecule has 0 bridgehead atoms. The standard InChI is InChI=1S/C6H5F6NO3/c1-16-3(14)2(5(7,8)9)13-4(15)6(10,11)12/h2H,1H3,(H,13,15). The third kappa shape index (κ3) is 3.95. The van der Waals surface area contributed by atoms with Crippen LogP contribution in [0.4, 0.5) is 26.3 Å². The van der Waals surface area contributed by atoms with Crippen LogP contribution in [0.25, 0.3) is 0 Å². The van der Waals surface area contributed by atoms with Crippen LogP contribution in [0.3, 0.4) is 0 Å². The Labute approximate surface area is 84.5 Å². The van der Waals surface area contributed by atoms with E-state index in [-0.39, 0.29) is 0 Å². The molecule has 16 heavy (non-hydrogen) atoms. The second-order valence-electron chi connectivity index (χ2n) is 2.47. The van der Waals surface area contributed by atoms with Crippen LogP contribution >= 0.6 is 0 Å². The van der Waals surface area contributed by atoms with Gasteiger partial charge in [0.1, 0.15) is 0 Å². The van der Waals surface area contributed by atoms with Gasteiger partial charge in [0.05, 0.1) is 7.11 Å². The van der Waals surface area contributed by atoms with Crippen LogP contribution in [0.1, 0.15) is 0 Å². The van der Waals surface area contributed by atoms with Gasteiger partial charge in [0.2, 0.25) is 6.04 Å². The van der Waals surface area contributed by atoms with Crippen molar-refractivity contribution in [2.45, 2.75) is 18.4 Å². The second-order valence-corrected chi connectivity index (χ2v) is 2.47. The predicted octanol–water partition coefficient (Wildman–Crippen LogP) is 0.769. The Kier molecular flexibility index (Phi) is 4.15. The molecule has 0 heterocycles. The minimum Gasteiger partial charge on any atom is -0.467 e. The highest BCUT2D eigenvalue weighted by Gasteiger charge is 2.51. The van der Waals surface area contributed by atoms with E-state index in [2.05, 4.69) is 4.74 Å². The first-order valence-corrected chi connectivity index (χ1v) is 3.52. The van der Waals surface area contributed by atoms with Gasteiger partial charge in [-0.05, 0) is 0 Å². The molecule has 0 aromatic rings. The van der Waals surface area contributed by atoms with Crippen molar-refractivity contribution in [1.29, 1.82) is 0 Å². The minimum atomic E-state index is -5.52. The number of nitrogens with one attached hydrogen (secondary N) is 1. The monoisotopic (exact) mass is 253 g/mol. The highest BCUT2D eigenvalue weighted by molar-refractivity contribution is 5.88. The van der Waals surface area contributed by atoms with E-state index < -0.39 is 30.3 Å². The zero-order valence-electron chi connectivity index (χ0n) is 7.57. The van der Waals surface area contributed by atoms with E-state index in [1.54, 1.807) is 0 Å². The van der Waals surface area contributed by atoms with Crippen LogP contribution in [-0.4, -0.2) is 37.4 Å². The van der Waals surface area contributed by atoms with E-state index in [9.17, 15) is 35.9 Å². The Bertz CT molecular complexity index is 283. The van der Waals surface area contributed by atoms with Gasteiger partial charge in [-0.25, -0.2) is 4.79 Å². The number of carbonyl (C=O) groups excluding carboxylic acids is 2. The Morgan fingerprint density at radius 1 is 1.12 bits per heavy atom. The molecule has 1 amide bonds. The Balaban J connectivity index is 4.84. The van der Waals surface area contributed by atoms with Crippen LogP contribution in [0.5, 0.6) is 0 Å². The van der Waals surface area contributed by atoms with E-state index in [4.69, 9.17) is 0 Å². The maximum Gasteiger partial charge on any atom is 0.471 e. The molecule has 0 aliphatic heterocycles. The molecule has 0 saturated heterocycles. The maximum atomic E-state index is 12.0. The summed E-state index contributed by atoms with van der Waals surface area (Å²) in [6.07, 6.45) is -10.9. The second kappa shape index (κ2) is 4.58. The highest BCUT2D eigenvalue weighted by atomic mass is 19.4. The molecule has 94 valence electrons. The van der Waals surface area contributed by atoms with Crippen molar-refractivity contribution in [3.63, 3.8) is 0 Å². The van der Waals surface area contributed by atoms with Gasteiger partial charge in [0, 0.05) is 0 Å². The van der Waals surface area contributed by atoms with Gasteiger partial charge in [0.15, 0.2) is 0 Å². The van der Waals surface area contributed by atoms with Gasteiger partial charge in [-0.3, -0.25) is 4.79 Å². The number of methoxy groups -OCH3 is 1. The number of amides is 1. The number of hydrogen-bond donors (Lipinski definition) is 1. The molecule has 4 nitrogen and oxygen atoms in total. The quantitative estimate of drug-likeness (QED) is 0.584. The summed E-state index contributed by atoms with van der Waals surface area (Å²) in [5.74, 6) is -4.91. The topological polar surface area (TPSA) is 55.4 Å². The number of hydrogen-bond acceptors (Lipinski definition) is 3. The zero-order chi connectivity index (χ0) is 13.1. The Hall–Kier alpha value is -1.48. The smallest absolute Gasteiger partial charge is 0.467 e. The molecular weight excluding hydrogens is 248 g/mol. The van der Waals surface area contributed by atoms with Crippen molar-refractivity contribution in [2.75, 3.05) is 7.11 Å². The molecular formula is C6H5F6NO3. The van der Waals surface area contributed by atoms with Crippen molar-refractivity contribution >= 4 is 11.9 Å². The van der Waals surface area contributed by atoms with Crippen molar-refractivity contribution < 1.29 is 40.7 Å². The normalized spacial score (nSPS) is 14.2. The van der Waals surface area contributed by atoms with Gasteiger partial charge in [-0.2, -0.15) is 26.3 Å². The molecule has 1 atom stereocenters. The summed E-state index contributed by atoms with van der Waals surface area (Å²) < 4.78 is 74.6. The summed E-state index contributed by atoms with van der Waals surface area (Å²) in [6.45, 7) is 0. The van der Waals surface area contributed by atoms with Gasteiger partial charge in [0.25, 0.3) is 0 Å². The fourth-order valence-electron chi connectivity index (χ4n) is 0.605. The third-order valence-electron chi connectivity index (χ3n) is 1.30. The van der Waals surface area contributed by atoms with E-state index in [1.165, 1.54) is 0 Å². The van der Waals surface area contributed by atoms with Crippen molar-refractivity contribution in [3.8, 4) is 0 Å². The maximum absolute atomic E-state index is 12.0. The van der Waals surface area contributed by atoms with Crippen molar-refractivity contribution in [3.05, 3.63) is 0 Å². The molecule has 0 aromatic carbocycles. The molecule has 1 N–H and O–H groups in total. The van der Waals surface area contributed by atoms with E-state index in [1.807, 2.05) is 0 Å². The van der Waals surface area contributed by atoms with Crippen LogP contribution in [0.15, 0.2) is 0 Å². The minimum absolute atomic E-state index is 0.484. The van der Waals surface area contributed by atoms with Crippen molar-refractivity contribution in [1.82, 2.24) is 5.32 Å². The molecule has 0 aliphatic rings. The fraction of sp³-hybridized carbons (Fsp3) is 0.667. The summed E-state index contributed by atoms with van der Waals surface area (Å²) in [7, 11) is 0.542. The summed E-state index contributed by atoms with van der Waals surface area (Å²) >= 11 is 0.